The fourth-order valence-electron chi connectivity index (χ4n) is 2.56. The molecule has 1 aliphatic rings. The highest BCUT2D eigenvalue weighted by Gasteiger charge is 2.33. The third-order valence-corrected chi connectivity index (χ3v) is 4.31. The van der Waals surface area contributed by atoms with Crippen LogP contribution in [0.2, 0.25) is 0 Å². The second kappa shape index (κ2) is 7.89. The van der Waals surface area contributed by atoms with Crippen LogP contribution in [0.5, 0.6) is 0 Å². The van der Waals surface area contributed by atoms with Gasteiger partial charge in [0.1, 0.15) is 5.69 Å². The lowest BCUT2D eigenvalue weighted by molar-refractivity contribution is -0.393. The zero-order valence-electron chi connectivity index (χ0n) is 14.4. The van der Waals surface area contributed by atoms with Crippen molar-refractivity contribution in [1.29, 1.82) is 0 Å². The van der Waals surface area contributed by atoms with Crippen LogP contribution in [0, 0.1) is 38.0 Å². The molecule has 0 aliphatic heterocycles. The summed E-state index contributed by atoms with van der Waals surface area (Å²) in [5, 5.41) is 35.5. The third-order valence-electron chi connectivity index (χ3n) is 4.31. The van der Waals surface area contributed by atoms with E-state index in [1.54, 1.807) is 0 Å². The molecule has 0 saturated heterocycles. The minimum absolute atomic E-state index is 0.0233. The molecule has 0 spiro atoms. The Labute approximate surface area is 149 Å². The normalized spacial score (nSPS) is 15.6. The maximum absolute atomic E-state index is 11.4. The van der Waals surface area contributed by atoms with Crippen LogP contribution in [0.1, 0.15) is 33.1 Å². The van der Waals surface area contributed by atoms with Crippen molar-refractivity contribution >= 4 is 28.7 Å². The van der Waals surface area contributed by atoms with Gasteiger partial charge in [-0.05, 0) is 30.7 Å². The van der Waals surface area contributed by atoms with E-state index < -0.39 is 27.4 Å². The van der Waals surface area contributed by atoms with Crippen LogP contribution in [0.3, 0.4) is 0 Å². The standard InChI is InChI=1S/C16H20N4O6/c1-9(2)12(16(21)22)8-14(10-3-4-10)18-17-13-6-5-11(19(23)24)7-15(13)20(25)26/h5-7,9-10,12,17H,3-4,8H2,1-2H3,(H,21,22)/b18-14-. The van der Waals surface area contributed by atoms with Gasteiger partial charge in [-0.3, -0.25) is 30.4 Å². The van der Waals surface area contributed by atoms with Crippen LogP contribution in [-0.4, -0.2) is 26.6 Å². The quantitative estimate of drug-likeness (QED) is 0.387. The second-order valence-electron chi connectivity index (χ2n) is 6.60. The number of nitro groups is 2. The van der Waals surface area contributed by atoms with Crippen LogP contribution >= 0.6 is 0 Å². The van der Waals surface area contributed by atoms with Crippen LogP contribution in [0.15, 0.2) is 23.3 Å². The number of non-ortho nitro benzene ring substituents is 1. The number of carboxylic acids is 1. The summed E-state index contributed by atoms with van der Waals surface area (Å²) in [6.07, 6.45) is 2.05. The Morgan fingerprint density at radius 1 is 1.31 bits per heavy atom. The molecular formula is C16H20N4O6. The fourth-order valence-corrected chi connectivity index (χ4v) is 2.56. The molecular weight excluding hydrogens is 344 g/mol. The average Bonchev–Trinajstić information content (AvgIpc) is 3.38. The molecule has 1 saturated carbocycles. The lowest BCUT2D eigenvalue weighted by atomic mass is 9.89. The maximum atomic E-state index is 11.4. The molecule has 1 fully saturated rings. The van der Waals surface area contributed by atoms with Crippen LogP contribution in [-0.2, 0) is 4.79 Å². The summed E-state index contributed by atoms with van der Waals surface area (Å²) in [7, 11) is 0. The molecule has 2 rings (SSSR count). The summed E-state index contributed by atoms with van der Waals surface area (Å²) >= 11 is 0. The van der Waals surface area contributed by atoms with E-state index in [1.807, 2.05) is 13.8 Å². The minimum atomic E-state index is -0.908. The van der Waals surface area contributed by atoms with Gasteiger partial charge in [-0.25, -0.2) is 0 Å². The van der Waals surface area contributed by atoms with Gasteiger partial charge in [0.05, 0.1) is 21.8 Å². The van der Waals surface area contributed by atoms with E-state index in [0.717, 1.165) is 25.0 Å². The van der Waals surface area contributed by atoms with Gasteiger partial charge in [0.25, 0.3) is 5.69 Å². The highest BCUT2D eigenvalue weighted by atomic mass is 16.6. The number of hydrogen-bond acceptors (Lipinski definition) is 7. The first-order valence-electron chi connectivity index (χ1n) is 8.18. The number of hydrazone groups is 1. The van der Waals surface area contributed by atoms with Crippen molar-refractivity contribution in [2.75, 3.05) is 5.43 Å². The van der Waals surface area contributed by atoms with Gasteiger partial charge in [-0.1, -0.05) is 13.8 Å². The third kappa shape index (κ3) is 4.74. The lowest BCUT2D eigenvalue weighted by Gasteiger charge is -2.17. The Balaban J connectivity index is 2.26. The Morgan fingerprint density at radius 3 is 2.42 bits per heavy atom. The molecule has 1 aliphatic carbocycles. The number of nitrogens with zero attached hydrogens (tertiary/aromatic N) is 3. The topological polar surface area (TPSA) is 148 Å². The van der Waals surface area contributed by atoms with Crippen molar-refractivity contribution in [3.63, 3.8) is 0 Å². The first-order chi connectivity index (χ1) is 12.2. The highest BCUT2D eigenvalue weighted by molar-refractivity contribution is 5.92. The van der Waals surface area contributed by atoms with E-state index in [0.29, 0.717) is 5.71 Å². The number of nitro benzene ring substituents is 2. The summed E-state index contributed by atoms with van der Waals surface area (Å²) in [5.74, 6) is -1.41. The SMILES string of the molecule is CC(C)C(C/C(=N/Nc1ccc([N+](=O)[O-])cc1[N+](=O)[O-])C1CC1)C(=O)O. The average molecular weight is 364 g/mol. The first kappa shape index (κ1) is 19.3. The van der Waals surface area contributed by atoms with E-state index in [1.165, 1.54) is 6.07 Å². The largest absolute Gasteiger partial charge is 0.481 e. The molecule has 2 N–H and O–H groups in total. The monoisotopic (exact) mass is 364 g/mol. The number of nitrogens with one attached hydrogen (secondary N) is 1. The molecule has 0 amide bonds. The van der Waals surface area contributed by atoms with E-state index in [2.05, 4.69) is 10.5 Å². The van der Waals surface area contributed by atoms with E-state index in [9.17, 15) is 30.1 Å². The zero-order chi connectivity index (χ0) is 19.4. The number of carbonyl (C=O) groups is 1. The van der Waals surface area contributed by atoms with E-state index in [4.69, 9.17) is 0 Å². The van der Waals surface area contributed by atoms with Gasteiger partial charge in [0, 0.05) is 18.2 Å². The zero-order valence-corrected chi connectivity index (χ0v) is 14.4. The van der Waals surface area contributed by atoms with E-state index in [-0.39, 0.29) is 29.6 Å². The van der Waals surface area contributed by atoms with Gasteiger partial charge in [0.15, 0.2) is 0 Å². The molecule has 1 aromatic rings. The van der Waals surface area contributed by atoms with Crippen molar-refractivity contribution in [2.45, 2.75) is 33.1 Å². The molecule has 26 heavy (non-hydrogen) atoms. The second-order valence-corrected chi connectivity index (χ2v) is 6.60. The molecule has 0 aromatic heterocycles. The van der Waals surface area contributed by atoms with Crippen molar-refractivity contribution < 1.29 is 19.7 Å². The Hall–Kier alpha value is -3.04. The summed E-state index contributed by atoms with van der Waals surface area (Å²) in [6, 6.07) is 3.24. The lowest BCUT2D eigenvalue weighted by Crippen LogP contribution is -2.24. The molecule has 0 bridgehead atoms. The molecule has 10 heteroatoms. The fraction of sp³-hybridized carbons (Fsp3) is 0.500. The first-order valence-corrected chi connectivity index (χ1v) is 8.18. The van der Waals surface area contributed by atoms with Crippen molar-refractivity contribution in [2.24, 2.45) is 22.9 Å². The van der Waals surface area contributed by atoms with Gasteiger partial charge in [-0.15, -0.1) is 0 Å². The number of benzene rings is 1. The van der Waals surface area contributed by atoms with Crippen molar-refractivity contribution in [1.82, 2.24) is 0 Å². The predicted octanol–water partition coefficient (Wildman–Crippen LogP) is 3.43. The van der Waals surface area contributed by atoms with Gasteiger partial charge in [-0.2, -0.15) is 5.10 Å². The molecule has 1 atom stereocenters. The Kier molecular flexibility index (Phi) is 5.86. The Bertz CT molecular complexity index is 757. The molecule has 1 unspecified atom stereocenters. The van der Waals surface area contributed by atoms with Gasteiger partial charge >= 0.3 is 11.7 Å². The number of carboxylic acid groups (broad SMARTS) is 1. The molecule has 1 aromatic carbocycles. The summed E-state index contributed by atoms with van der Waals surface area (Å²) in [4.78, 5) is 31.9. The smallest absolute Gasteiger partial charge is 0.307 e. The van der Waals surface area contributed by atoms with Crippen molar-refractivity contribution in [3.05, 3.63) is 38.4 Å². The van der Waals surface area contributed by atoms with E-state index >= 15 is 0 Å². The highest BCUT2D eigenvalue weighted by Crippen LogP contribution is 2.35. The minimum Gasteiger partial charge on any atom is -0.481 e. The number of rotatable bonds is 9. The summed E-state index contributed by atoms with van der Waals surface area (Å²) < 4.78 is 0. The number of hydrogen-bond donors (Lipinski definition) is 2. The summed E-state index contributed by atoms with van der Waals surface area (Å²) in [5.41, 5.74) is 2.42. The molecule has 0 radical (unpaired) electrons. The van der Waals surface area contributed by atoms with Gasteiger partial charge < -0.3 is 5.11 Å². The maximum Gasteiger partial charge on any atom is 0.307 e. The summed E-state index contributed by atoms with van der Waals surface area (Å²) in [6.45, 7) is 3.63. The van der Waals surface area contributed by atoms with Crippen LogP contribution in [0.4, 0.5) is 17.1 Å². The molecule has 0 heterocycles. The van der Waals surface area contributed by atoms with Gasteiger partial charge in [0.2, 0.25) is 0 Å². The van der Waals surface area contributed by atoms with Crippen molar-refractivity contribution in [3.8, 4) is 0 Å². The van der Waals surface area contributed by atoms with Crippen LogP contribution in [0.25, 0.3) is 0 Å². The molecule has 10 nitrogen and oxygen atoms in total. The number of anilines is 1. The van der Waals surface area contributed by atoms with Crippen LogP contribution < -0.4 is 5.43 Å². The number of aliphatic carboxylic acids is 1. The Morgan fingerprint density at radius 2 is 1.96 bits per heavy atom. The predicted molar refractivity (Wildman–Crippen MR) is 94.1 cm³/mol. The molecule has 140 valence electrons.